The summed E-state index contributed by atoms with van der Waals surface area (Å²) in [7, 11) is 0. The third kappa shape index (κ3) is 10.9. The summed E-state index contributed by atoms with van der Waals surface area (Å²) in [6.07, 6.45) is -0.840. The highest BCUT2D eigenvalue weighted by Gasteiger charge is 2.25. The predicted octanol–water partition coefficient (Wildman–Crippen LogP) is 0.316. The maximum absolute atomic E-state index is 11.7. The Kier molecular flexibility index (Phi) is 8.84. The number of hydrogen-bond acceptors (Lipinski definition) is 7. The van der Waals surface area contributed by atoms with Crippen molar-refractivity contribution in [3.8, 4) is 0 Å². The lowest BCUT2D eigenvalue weighted by Crippen LogP contribution is -2.45. The summed E-state index contributed by atoms with van der Waals surface area (Å²) in [5.74, 6) is -1.25. The molecule has 0 aliphatic heterocycles. The highest BCUT2D eigenvalue weighted by Crippen LogP contribution is 2.09. The number of carbonyl (C=O) groups excluding carboxylic acids is 3. The molecule has 0 aromatic heterocycles. The summed E-state index contributed by atoms with van der Waals surface area (Å²) < 4.78 is 9.93. The third-order valence-electron chi connectivity index (χ3n) is 2.00. The Morgan fingerprint density at radius 1 is 1.29 bits per heavy atom. The number of hydrogen-bond donors (Lipinski definition) is 1. The van der Waals surface area contributed by atoms with Crippen molar-refractivity contribution < 1.29 is 29.0 Å². The van der Waals surface area contributed by atoms with Crippen LogP contribution in [0, 0.1) is 0 Å². The van der Waals surface area contributed by atoms with Gasteiger partial charge < -0.3 is 24.7 Å². The minimum Gasteiger partial charge on any atom is -0.550 e. The number of esters is 1. The Balaban J connectivity index is 4.42. The summed E-state index contributed by atoms with van der Waals surface area (Å²) >= 11 is 1.21. The normalized spacial score (nSPS) is 12.4. The standard InChI is InChI=1S/C13H23NO6S/c1-5-19-11(17)9(8-21-7-6-10(15)16)14-12(18)20-13(2,3)4/h9H,5-8H2,1-4H3,(H,14,18)(H,15,16)/p-1/t9-/m0/s1. The zero-order chi connectivity index (χ0) is 16.5. The summed E-state index contributed by atoms with van der Waals surface area (Å²) in [6.45, 7) is 6.97. The number of nitrogens with one attached hydrogen (secondary N) is 1. The molecule has 8 heteroatoms. The van der Waals surface area contributed by atoms with Gasteiger partial charge >= 0.3 is 12.1 Å². The van der Waals surface area contributed by atoms with Crippen molar-refractivity contribution in [1.29, 1.82) is 0 Å². The molecule has 0 heterocycles. The van der Waals surface area contributed by atoms with Crippen molar-refractivity contribution in [1.82, 2.24) is 5.32 Å². The number of amides is 1. The van der Waals surface area contributed by atoms with Gasteiger partial charge in [0.1, 0.15) is 11.6 Å². The molecule has 0 rings (SSSR count). The number of carboxylic acids is 1. The second kappa shape index (κ2) is 9.49. The Hall–Kier alpha value is -1.44. The number of ether oxygens (including phenoxy) is 2. The molecule has 7 nitrogen and oxygen atoms in total. The monoisotopic (exact) mass is 320 g/mol. The van der Waals surface area contributed by atoms with E-state index in [1.165, 1.54) is 11.8 Å². The van der Waals surface area contributed by atoms with E-state index in [-0.39, 0.29) is 24.5 Å². The molecule has 0 aromatic carbocycles. The number of alkyl carbamates (subject to hydrolysis) is 1. The lowest BCUT2D eigenvalue weighted by atomic mass is 10.2. The zero-order valence-electron chi connectivity index (χ0n) is 12.8. The fraction of sp³-hybridized carbons (Fsp3) is 0.769. The molecule has 1 atom stereocenters. The molecule has 0 saturated carbocycles. The van der Waals surface area contributed by atoms with Gasteiger partial charge in [0.25, 0.3) is 0 Å². The van der Waals surface area contributed by atoms with Crippen LogP contribution in [0.4, 0.5) is 4.79 Å². The van der Waals surface area contributed by atoms with Crippen LogP contribution < -0.4 is 10.4 Å². The highest BCUT2D eigenvalue weighted by molar-refractivity contribution is 7.99. The van der Waals surface area contributed by atoms with E-state index in [2.05, 4.69) is 5.32 Å². The molecule has 0 saturated heterocycles. The van der Waals surface area contributed by atoms with E-state index >= 15 is 0 Å². The molecule has 21 heavy (non-hydrogen) atoms. The van der Waals surface area contributed by atoms with Gasteiger partial charge in [-0.2, -0.15) is 11.8 Å². The largest absolute Gasteiger partial charge is 0.550 e. The first-order valence-corrected chi connectivity index (χ1v) is 7.75. The molecule has 0 radical (unpaired) electrons. The van der Waals surface area contributed by atoms with E-state index in [1.54, 1.807) is 27.7 Å². The second-order valence-corrected chi connectivity index (χ2v) is 6.30. The van der Waals surface area contributed by atoms with E-state index < -0.39 is 29.7 Å². The van der Waals surface area contributed by atoms with E-state index in [0.29, 0.717) is 0 Å². The summed E-state index contributed by atoms with van der Waals surface area (Å²) in [4.78, 5) is 33.7. The fourth-order valence-corrected chi connectivity index (χ4v) is 2.15. The second-order valence-electron chi connectivity index (χ2n) is 5.15. The van der Waals surface area contributed by atoms with Gasteiger partial charge in [0.15, 0.2) is 0 Å². The molecule has 0 aliphatic rings. The first-order chi connectivity index (χ1) is 9.65. The molecule has 122 valence electrons. The van der Waals surface area contributed by atoms with Crippen molar-refractivity contribution in [2.75, 3.05) is 18.1 Å². The van der Waals surface area contributed by atoms with Crippen LogP contribution >= 0.6 is 11.8 Å². The lowest BCUT2D eigenvalue weighted by Gasteiger charge is -2.22. The zero-order valence-corrected chi connectivity index (χ0v) is 13.6. The quantitative estimate of drug-likeness (QED) is 0.507. The van der Waals surface area contributed by atoms with E-state index in [9.17, 15) is 19.5 Å². The fourth-order valence-electron chi connectivity index (χ4n) is 1.22. The molecular weight excluding hydrogens is 298 g/mol. The van der Waals surface area contributed by atoms with Crippen LogP contribution in [0.15, 0.2) is 0 Å². The van der Waals surface area contributed by atoms with Crippen molar-refractivity contribution in [2.45, 2.75) is 45.8 Å². The highest BCUT2D eigenvalue weighted by atomic mass is 32.2. The molecule has 0 spiro atoms. The predicted molar refractivity (Wildman–Crippen MR) is 76.7 cm³/mol. The van der Waals surface area contributed by atoms with Crippen LogP contribution in [0.25, 0.3) is 0 Å². The average molecular weight is 320 g/mol. The van der Waals surface area contributed by atoms with E-state index in [1.807, 2.05) is 0 Å². The van der Waals surface area contributed by atoms with Crippen molar-refractivity contribution in [2.24, 2.45) is 0 Å². The van der Waals surface area contributed by atoms with Gasteiger partial charge in [0, 0.05) is 11.7 Å². The van der Waals surface area contributed by atoms with Crippen LogP contribution in [0.3, 0.4) is 0 Å². The number of carboxylic acid groups (broad SMARTS) is 1. The minimum absolute atomic E-state index is 0.118. The maximum Gasteiger partial charge on any atom is 0.408 e. The molecule has 0 fully saturated rings. The van der Waals surface area contributed by atoms with Gasteiger partial charge in [-0.3, -0.25) is 0 Å². The SMILES string of the molecule is CCOC(=O)[C@H](CSCCC(=O)[O-])NC(=O)OC(C)(C)C. The van der Waals surface area contributed by atoms with Crippen molar-refractivity contribution >= 4 is 29.8 Å². The Bertz CT molecular complexity index is 366. The summed E-state index contributed by atoms with van der Waals surface area (Å²) in [5, 5.41) is 12.7. The van der Waals surface area contributed by atoms with Crippen LogP contribution in [0.1, 0.15) is 34.1 Å². The average Bonchev–Trinajstić information content (AvgIpc) is 2.30. The minimum atomic E-state index is -1.16. The maximum atomic E-state index is 11.7. The third-order valence-corrected chi connectivity index (χ3v) is 3.06. The number of aliphatic carboxylic acids is 1. The molecule has 0 aliphatic carbocycles. The van der Waals surface area contributed by atoms with Crippen molar-refractivity contribution in [3.05, 3.63) is 0 Å². The molecule has 1 amide bonds. The molecule has 1 N–H and O–H groups in total. The van der Waals surface area contributed by atoms with Gasteiger partial charge in [0.2, 0.25) is 0 Å². The van der Waals surface area contributed by atoms with Crippen LogP contribution in [0.5, 0.6) is 0 Å². The van der Waals surface area contributed by atoms with Crippen LogP contribution in [-0.4, -0.2) is 47.8 Å². The van der Waals surface area contributed by atoms with Crippen LogP contribution in [0.2, 0.25) is 0 Å². The smallest absolute Gasteiger partial charge is 0.408 e. The van der Waals surface area contributed by atoms with E-state index in [0.717, 1.165) is 0 Å². The first kappa shape index (κ1) is 19.6. The summed E-state index contributed by atoms with van der Waals surface area (Å²) in [5.41, 5.74) is -0.675. The lowest BCUT2D eigenvalue weighted by molar-refractivity contribution is -0.305. The Morgan fingerprint density at radius 2 is 1.90 bits per heavy atom. The number of carbonyl (C=O) groups is 3. The van der Waals surface area contributed by atoms with Gasteiger partial charge in [-0.05, 0) is 39.9 Å². The molecule has 0 aromatic rings. The number of thioether (sulfide) groups is 1. The first-order valence-electron chi connectivity index (χ1n) is 6.59. The van der Waals surface area contributed by atoms with Gasteiger partial charge in [0.05, 0.1) is 6.61 Å². The van der Waals surface area contributed by atoms with Crippen LogP contribution in [-0.2, 0) is 19.1 Å². The molecular formula is C13H22NO6S-. The number of rotatable bonds is 8. The van der Waals surface area contributed by atoms with Crippen molar-refractivity contribution in [3.63, 3.8) is 0 Å². The van der Waals surface area contributed by atoms with Gasteiger partial charge in [-0.15, -0.1) is 0 Å². The van der Waals surface area contributed by atoms with Gasteiger partial charge in [-0.25, -0.2) is 9.59 Å². The Morgan fingerprint density at radius 3 is 2.38 bits per heavy atom. The Labute approximate surface area is 128 Å². The molecule has 0 bridgehead atoms. The summed E-state index contributed by atoms with van der Waals surface area (Å²) in [6, 6.07) is -0.883. The molecule has 0 unspecified atom stereocenters. The van der Waals surface area contributed by atoms with E-state index in [4.69, 9.17) is 9.47 Å². The topological polar surface area (TPSA) is 105 Å². The van der Waals surface area contributed by atoms with Gasteiger partial charge in [-0.1, -0.05) is 0 Å².